The predicted molar refractivity (Wildman–Crippen MR) is 104 cm³/mol. The van der Waals surface area contributed by atoms with E-state index in [4.69, 9.17) is 23.2 Å². The van der Waals surface area contributed by atoms with Crippen molar-refractivity contribution in [2.24, 2.45) is 0 Å². The lowest BCUT2D eigenvalue weighted by atomic mass is 10.0. The highest BCUT2D eigenvalue weighted by Crippen LogP contribution is 2.36. The molecule has 1 N–H and O–H groups in total. The Bertz CT molecular complexity index is 1100. The minimum Gasteiger partial charge on any atom is -0.279 e. The van der Waals surface area contributed by atoms with Crippen molar-refractivity contribution in [3.8, 4) is 11.1 Å². The molecule has 0 fully saturated rings. The number of rotatable bonds is 4. The first kappa shape index (κ1) is 19.6. The van der Waals surface area contributed by atoms with Crippen LogP contribution in [0.1, 0.15) is 5.56 Å². The van der Waals surface area contributed by atoms with Gasteiger partial charge in [0.2, 0.25) is 0 Å². The normalized spacial score (nSPS) is 11.4. The van der Waals surface area contributed by atoms with Gasteiger partial charge >= 0.3 is 0 Å². The fourth-order valence-corrected chi connectivity index (χ4v) is 4.05. The molecule has 0 radical (unpaired) electrons. The zero-order chi connectivity index (χ0) is 19.8. The van der Waals surface area contributed by atoms with Gasteiger partial charge in [0.25, 0.3) is 10.0 Å². The lowest BCUT2D eigenvalue weighted by Gasteiger charge is -2.15. The average Bonchev–Trinajstić information content (AvgIpc) is 2.62. The summed E-state index contributed by atoms with van der Waals surface area (Å²) in [6.07, 6.45) is 0. The van der Waals surface area contributed by atoms with Crippen molar-refractivity contribution >= 4 is 38.9 Å². The van der Waals surface area contributed by atoms with Gasteiger partial charge in [-0.25, -0.2) is 17.2 Å². The van der Waals surface area contributed by atoms with Crippen LogP contribution in [0, 0.1) is 18.6 Å². The molecule has 0 saturated heterocycles. The van der Waals surface area contributed by atoms with Crippen LogP contribution in [-0.2, 0) is 10.0 Å². The lowest BCUT2D eigenvalue weighted by Crippen LogP contribution is -2.14. The third-order valence-electron chi connectivity index (χ3n) is 3.95. The molecule has 3 nitrogen and oxygen atoms in total. The fourth-order valence-electron chi connectivity index (χ4n) is 2.47. The van der Waals surface area contributed by atoms with Gasteiger partial charge in [0.05, 0.1) is 10.6 Å². The molecule has 8 heteroatoms. The van der Waals surface area contributed by atoms with E-state index >= 15 is 0 Å². The van der Waals surface area contributed by atoms with Gasteiger partial charge in [0.1, 0.15) is 0 Å². The molecule has 0 saturated carbocycles. The fraction of sp³-hybridized carbons (Fsp3) is 0.0526. The van der Waals surface area contributed by atoms with E-state index < -0.39 is 21.7 Å². The van der Waals surface area contributed by atoms with Crippen LogP contribution in [0.2, 0.25) is 10.0 Å². The van der Waals surface area contributed by atoms with Crippen molar-refractivity contribution in [2.75, 3.05) is 4.72 Å². The van der Waals surface area contributed by atoms with Crippen LogP contribution < -0.4 is 4.72 Å². The van der Waals surface area contributed by atoms with Crippen molar-refractivity contribution in [3.63, 3.8) is 0 Å². The summed E-state index contributed by atoms with van der Waals surface area (Å²) in [7, 11) is -4.01. The molecule has 0 aliphatic carbocycles. The first-order valence-electron chi connectivity index (χ1n) is 7.72. The highest BCUT2D eigenvalue weighted by atomic mass is 35.5. The molecular weight excluding hydrogens is 415 g/mol. The maximum atomic E-state index is 13.9. The van der Waals surface area contributed by atoms with E-state index in [1.807, 2.05) is 0 Å². The Balaban J connectivity index is 2.16. The Morgan fingerprint density at radius 1 is 0.889 bits per heavy atom. The van der Waals surface area contributed by atoms with E-state index in [2.05, 4.69) is 4.72 Å². The highest BCUT2D eigenvalue weighted by molar-refractivity contribution is 7.92. The Labute approximate surface area is 165 Å². The van der Waals surface area contributed by atoms with Gasteiger partial charge in [0.15, 0.2) is 11.6 Å². The predicted octanol–water partition coefficient (Wildman–Crippen LogP) is 6.05. The summed E-state index contributed by atoms with van der Waals surface area (Å²) in [4.78, 5) is -0.0133. The van der Waals surface area contributed by atoms with Crippen molar-refractivity contribution in [3.05, 3.63) is 81.8 Å². The summed E-state index contributed by atoms with van der Waals surface area (Å²) in [6, 6.07) is 12.3. The lowest BCUT2D eigenvalue weighted by molar-refractivity contribution is 0.509. The van der Waals surface area contributed by atoms with E-state index in [0.29, 0.717) is 21.2 Å². The molecule has 140 valence electrons. The van der Waals surface area contributed by atoms with Gasteiger partial charge in [-0.15, -0.1) is 0 Å². The molecule has 0 amide bonds. The third kappa shape index (κ3) is 4.08. The number of sulfonamides is 1. The van der Waals surface area contributed by atoms with Crippen LogP contribution in [0.4, 0.5) is 14.5 Å². The van der Waals surface area contributed by atoms with Crippen LogP contribution >= 0.6 is 23.2 Å². The molecule has 0 bridgehead atoms. The minimum atomic E-state index is -4.01. The Hall–Kier alpha value is -2.15. The largest absolute Gasteiger partial charge is 0.279 e. The molecule has 3 aromatic rings. The SMILES string of the molecule is Cc1c(Cl)cc(-c2cc(F)c(F)cc2NS(=O)(=O)c2ccccc2)cc1Cl. The Morgan fingerprint density at radius 3 is 2.04 bits per heavy atom. The summed E-state index contributed by atoms with van der Waals surface area (Å²) in [5, 5.41) is 0.637. The van der Waals surface area contributed by atoms with Crippen LogP contribution in [-0.4, -0.2) is 8.42 Å². The van der Waals surface area contributed by atoms with Gasteiger partial charge in [-0.2, -0.15) is 0 Å². The second-order valence-corrected chi connectivity index (χ2v) is 8.29. The maximum Gasteiger partial charge on any atom is 0.261 e. The second kappa shape index (κ2) is 7.46. The summed E-state index contributed by atoms with van der Waals surface area (Å²) in [5.41, 5.74) is 0.947. The first-order chi connectivity index (χ1) is 12.7. The molecule has 0 atom stereocenters. The summed E-state index contributed by atoms with van der Waals surface area (Å²) in [5.74, 6) is -2.31. The zero-order valence-corrected chi connectivity index (χ0v) is 16.3. The topological polar surface area (TPSA) is 46.2 Å². The van der Waals surface area contributed by atoms with Crippen molar-refractivity contribution in [2.45, 2.75) is 11.8 Å². The number of hydrogen-bond donors (Lipinski definition) is 1. The van der Waals surface area contributed by atoms with Crippen LogP contribution in [0.5, 0.6) is 0 Å². The number of hydrogen-bond acceptors (Lipinski definition) is 2. The first-order valence-corrected chi connectivity index (χ1v) is 9.96. The van der Waals surface area contributed by atoms with E-state index in [1.165, 1.54) is 24.3 Å². The monoisotopic (exact) mass is 427 g/mol. The van der Waals surface area contributed by atoms with E-state index in [9.17, 15) is 17.2 Å². The quantitative estimate of drug-likeness (QED) is 0.550. The van der Waals surface area contributed by atoms with Crippen LogP contribution in [0.3, 0.4) is 0 Å². The Morgan fingerprint density at radius 2 is 1.44 bits per heavy atom. The van der Waals surface area contributed by atoms with Crippen molar-refractivity contribution < 1.29 is 17.2 Å². The van der Waals surface area contributed by atoms with E-state index in [1.54, 1.807) is 25.1 Å². The molecule has 3 rings (SSSR count). The molecule has 0 aliphatic rings. The molecule has 0 aromatic heterocycles. The van der Waals surface area contributed by atoms with Crippen molar-refractivity contribution in [1.29, 1.82) is 0 Å². The van der Waals surface area contributed by atoms with Gasteiger partial charge in [0, 0.05) is 21.7 Å². The molecule has 0 aliphatic heterocycles. The maximum absolute atomic E-state index is 13.9. The summed E-state index contributed by atoms with van der Waals surface area (Å²) >= 11 is 12.3. The van der Waals surface area contributed by atoms with Gasteiger partial charge in [-0.3, -0.25) is 4.72 Å². The molecule has 3 aromatic carbocycles. The smallest absolute Gasteiger partial charge is 0.261 e. The summed E-state index contributed by atoms with van der Waals surface area (Å²) in [6.45, 7) is 1.71. The standard InChI is InChI=1S/C19H13Cl2F2NO2S/c1-11-15(20)7-12(8-16(11)21)14-9-17(22)18(23)10-19(14)24-27(25,26)13-5-3-2-4-6-13/h2-10,24H,1H3. The molecule has 0 unspecified atom stereocenters. The zero-order valence-electron chi connectivity index (χ0n) is 13.9. The van der Waals surface area contributed by atoms with Gasteiger partial charge in [-0.1, -0.05) is 41.4 Å². The van der Waals surface area contributed by atoms with E-state index in [0.717, 1.165) is 12.1 Å². The van der Waals surface area contributed by atoms with Crippen LogP contribution in [0.15, 0.2) is 59.5 Å². The van der Waals surface area contributed by atoms with Gasteiger partial charge < -0.3 is 0 Å². The number of benzene rings is 3. The number of halogens is 4. The number of anilines is 1. The minimum absolute atomic E-state index is 0.0133. The van der Waals surface area contributed by atoms with Gasteiger partial charge in [-0.05, 0) is 48.4 Å². The average molecular weight is 428 g/mol. The van der Waals surface area contributed by atoms with Crippen molar-refractivity contribution in [1.82, 2.24) is 0 Å². The second-order valence-electron chi connectivity index (χ2n) is 5.80. The summed E-state index contributed by atoms with van der Waals surface area (Å²) < 4.78 is 55.2. The Kier molecular flexibility index (Phi) is 5.42. The van der Waals surface area contributed by atoms with E-state index in [-0.39, 0.29) is 16.1 Å². The molecule has 0 spiro atoms. The third-order valence-corrected chi connectivity index (χ3v) is 6.12. The van der Waals surface area contributed by atoms with Crippen LogP contribution in [0.25, 0.3) is 11.1 Å². The molecule has 27 heavy (non-hydrogen) atoms. The number of nitrogens with one attached hydrogen (secondary N) is 1. The molecule has 0 heterocycles. The highest BCUT2D eigenvalue weighted by Gasteiger charge is 2.19. The molecular formula is C19H13Cl2F2NO2S.